The Bertz CT molecular complexity index is 565. The molecule has 0 bridgehead atoms. The van der Waals surface area contributed by atoms with Crippen molar-refractivity contribution in [1.29, 1.82) is 0 Å². The maximum atomic E-state index is 2.48. The highest BCUT2D eigenvalue weighted by molar-refractivity contribution is 5.24. The average Bonchev–Trinajstić information content (AvgIpc) is 2.78. The fourth-order valence-electron chi connectivity index (χ4n) is 5.89. The smallest absolute Gasteiger partial charge is 0.00975 e. The van der Waals surface area contributed by atoms with Gasteiger partial charge in [0, 0.05) is 0 Å². The highest BCUT2D eigenvalue weighted by Gasteiger charge is 2.30. The maximum absolute atomic E-state index is 2.48. The van der Waals surface area contributed by atoms with Gasteiger partial charge in [0.05, 0.1) is 0 Å². The molecule has 1 aromatic carbocycles. The van der Waals surface area contributed by atoms with Gasteiger partial charge >= 0.3 is 0 Å². The SMILES string of the molecule is CCCCCc1ccc(C/C=C\CC2CCC(C3CCC(CC)CC3)CC2)cc1. The second-order valence-corrected chi connectivity index (χ2v) is 10.2. The summed E-state index contributed by atoms with van der Waals surface area (Å²) < 4.78 is 0. The highest BCUT2D eigenvalue weighted by atomic mass is 14.4. The lowest BCUT2D eigenvalue weighted by Gasteiger charge is -2.37. The molecule has 29 heavy (non-hydrogen) atoms. The van der Waals surface area contributed by atoms with E-state index in [1.807, 2.05) is 0 Å². The first-order valence-electron chi connectivity index (χ1n) is 13.0. The van der Waals surface area contributed by atoms with Crippen LogP contribution in [-0.4, -0.2) is 0 Å². The van der Waals surface area contributed by atoms with Crippen LogP contribution in [0.25, 0.3) is 0 Å². The summed E-state index contributed by atoms with van der Waals surface area (Å²) in [6.07, 6.45) is 26.1. The number of hydrogen-bond donors (Lipinski definition) is 0. The zero-order valence-electron chi connectivity index (χ0n) is 19.4. The lowest BCUT2D eigenvalue weighted by Crippen LogP contribution is -2.25. The van der Waals surface area contributed by atoms with Crippen LogP contribution in [0.1, 0.15) is 108 Å². The van der Waals surface area contributed by atoms with Crippen molar-refractivity contribution in [2.45, 2.75) is 110 Å². The molecule has 0 aromatic heterocycles. The molecule has 0 nitrogen and oxygen atoms in total. The van der Waals surface area contributed by atoms with E-state index >= 15 is 0 Å². The van der Waals surface area contributed by atoms with Crippen LogP contribution in [0.15, 0.2) is 36.4 Å². The molecule has 0 saturated heterocycles. The van der Waals surface area contributed by atoms with Crippen LogP contribution in [-0.2, 0) is 12.8 Å². The average molecular weight is 395 g/mol. The summed E-state index contributed by atoms with van der Waals surface area (Å²) in [5, 5.41) is 0. The van der Waals surface area contributed by atoms with Gasteiger partial charge in [-0.05, 0) is 99.0 Å². The fourth-order valence-corrected chi connectivity index (χ4v) is 5.89. The molecule has 0 radical (unpaired) electrons. The molecule has 2 aliphatic carbocycles. The lowest BCUT2D eigenvalue weighted by molar-refractivity contribution is 0.145. The van der Waals surface area contributed by atoms with Gasteiger partial charge in [0.15, 0.2) is 0 Å². The molecule has 0 aliphatic heterocycles. The lowest BCUT2D eigenvalue weighted by atomic mass is 9.68. The van der Waals surface area contributed by atoms with Gasteiger partial charge in [0.2, 0.25) is 0 Å². The normalized spacial score (nSPS) is 28.1. The van der Waals surface area contributed by atoms with Crippen molar-refractivity contribution >= 4 is 0 Å². The number of rotatable bonds is 10. The Morgan fingerprint density at radius 3 is 1.86 bits per heavy atom. The van der Waals surface area contributed by atoms with Crippen molar-refractivity contribution < 1.29 is 0 Å². The summed E-state index contributed by atoms with van der Waals surface area (Å²) in [5.41, 5.74) is 2.97. The molecule has 0 N–H and O–H groups in total. The third-order valence-corrected chi connectivity index (χ3v) is 8.11. The van der Waals surface area contributed by atoms with Gasteiger partial charge in [0.25, 0.3) is 0 Å². The van der Waals surface area contributed by atoms with E-state index in [1.165, 1.54) is 101 Å². The zero-order chi connectivity index (χ0) is 20.3. The third-order valence-electron chi connectivity index (χ3n) is 8.11. The van der Waals surface area contributed by atoms with E-state index in [0.29, 0.717) is 0 Å². The minimum absolute atomic E-state index is 0.954. The van der Waals surface area contributed by atoms with Crippen molar-refractivity contribution in [3.05, 3.63) is 47.5 Å². The standard InChI is InChI=1S/C29H46/c1-3-5-6-9-25-12-14-26(15-13-25)10-7-8-11-27-18-22-29(23-19-27)28-20-16-24(4-2)17-21-28/h7-8,12-15,24,27-29H,3-6,9-11,16-23H2,1-2H3/b8-7-. The van der Waals surface area contributed by atoms with Crippen molar-refractivity contribution in [2.24, 2.45) is 23.7 Å². The maximum Gasteiger partial charge on any atom is -0.00975 e. The van der Waals surface area contributed by atoms with E-state index in [4.69, 9.17) is 0 Å². The minimum atomic E-state index is 0.954. The van der Waals surface area contributed by atoms with Gasteiger partial charge in [0.1, 0.15) is 0 Å². The summed E-state index contributed by atoms with van der Waals surface area (Å²) in [6.45, 7) is 4.66. The Hall–Kier alpha value is -1.04. The Morgan fingerprint density at radius 2 is 1.28 bits per heavy atom. The van der Waals surface area contributed by atoms with Gasteiger partial charge in [-0.15, -0.1) is 0 Å². The summed E-state index contributed by atoms with van der Waals surface area (Å²) in [6, 6.07) is 9.36. The van der Waals surface area contributed by atoms with Crippen LogP contribution in [0.5, 0.6) is 0 Å². The summed E-state index contributed by atoms with van der Waals surface area (Å²) in [4.78, 5) is 0. The molecule has 0 unspecified atom stereocenters. The highest BCUT2D eigenvalue weighted by Crippen LogP contribution is 2.42. The molecule has 0 amide bonds. The number of unbranched alkanes of at least 4 members (excludes halogenated alkanes) is 2. The zero-order valence-corrected chi connectivity index (χ0v) is 19.4. The number of allylic oxidation sites excluding steroid dienone is 2. The fraction of sp³-hybridized carbons (Fsp3) is 0.724. The Kier molecular flexibility index (Phi) is 9.84. The van der Waals surface area contributed by atoms with Gasteiger partial charge in [-0.25, -0.2) is 0 Å². The topological polar surface area (TPSA) is 0 Å². The van der Waals surface area contributed by atoms with E-state index in [0.717, 1.165) is 30.1 Å². The summed E-state index contributed by atoms with van der Waals surface area (Å²) >= 11 is 0. The van der Waals surface area contributed by atoms with Crippen LogP contribution in [0, 0.1) is 23.7 Å². The van der Waals surface area contributed by atoms with Crippen LogP contribution in [0.2, 0.25) is 0 Å². The quantitative estimate of drug-likeness (QED) is 0.274. The predicted octanol–water partition coefficient (Wildman–Crippen LogP) is 8.93. The largest absolute Gasteiger partial charge is 0.0879 e. The van der Waals surface area contributed by atoms with Crippen LogP contribution in [0.3, 0.4) is 0 Å². The molecule has 0 heterocycles. The van der Waals surface area contributed by atoms with Crippen molar-refractivity contribution in [1.82, 2.24) is 0 Å². The van der Waals surface area contributed by atoms with Crippen molar-refractivity contribution in [3.8, 4) is 0 Å². The third kappa shape index (κ3) is 7.62. The first-order valence-corrected chi connectivity index (χ1v) is 13.0. The van der Waals surface area contributed by atoms with Crippen LogP contribution in [0.4, 0.5) is 0 Å². The minimum Gasteiger partial charge on any atom is -0.0879 e. The first-order chi connectivity index (χ1) is 14.3. The number of benzene rings is 1. The molecule has 2 saturated carbocycles. The van der Waals surface area contributed by atoms with E-state index in [2.05, 4.69) is 50.3 Å². The van der Waals surface area contributed by atoms with E-state index in [9.17, 15) is 0 Å². The Balaban J connectivity index is 1.30. The molecule has 0 atom stereocenters. The molecule has 2 fully saturated rings. The second-order valence-electron chi connectivity index (χ2n) is 10.2. The molecule has 1 aromatic rings. The molecular formula is C29H46. The van der Waals surface area contributed by atoms with E-state index in [1.54, 1.807) is 0 Å². The molecular weight excluding hydrogens is 348 g/mol. The van der Waals surface area contributed by atoms with E-state index < -0.39 is 0 Å². The summed E-state index contributed by atoms with van der Waals surface area (Å²) in [7, 11) is 0. The van der Waals surface area contributed by atoms with Gasteiger partial charge in [-0.3, -0.25) is 0 Å². The Labute approximate surface area is 181 Å². The van der Waals surface area contributed by atoms with Crippen LogP contribution >= 0.6 is 0 Å². The van der Waals surface area contributed by atoms with Gasteiger partial charge < -0.3 is 0 Å². The molecule has 162 valence electrons. The van der Waals surface area contributed by atoms with Gasteiger partial charge in [-0.2, -0.15) is 0 Å². The molecule has 0 spiro atoms. The van der Waals surface area contributed by atoms with E-state index in [-0.39, 0.29) is 0 Å². The Morgan fingerprint density at radius 1 is 0.690 bits per heavy atom. The van der Waals surface area contributed by atoms with Crippen molar-refractivity contribution in [3.63, 3.8) is 0 Å². The molecule has 0 heteroatoms. The number of hydrogen-bond acceptors (Lipinski definition) is 0. The predicted molar refractivity (Wildman–Crippen MR) is 128 cm³/mol. The molecule has 2 aliphatic rings. The van der Waals surface area contributed by atoms with Gasteiger partial charge in [-0.1, -0.05) is 82.4 Å². The number of aryl methyl sites for hydroxylation is 1. The van der Waals surface area contributed by atoms with Crippen molar-refractivity contribution in [2.75, 3.05) is 0 Å². The second kappa shape index (κ2) is 12.6. The summed E-state index contributed by atoms with van der Waals surface area (Å²) in [5.74, 6) is 4.13. The monoisotopic (exact) mass is 394 g/mol. The van der Waals surface area contributed by atoms with Crippen LogP contribution < -0.4 is 0 Å². The molecule has 3 rings (SSSR count). The first kappa shape index (κ1) is 22.6.